The summed E-state index contributed by atoms with van der Waals surface area (Å²) in [4.78, 5) is 7.29. The zero-order valence-corrected chi connectivity index (χ0v) is 16.4. The van der Waals surface area contributed by atoms with Crippen molar-refractivity contribution in [2.24, 2.45) is 24.8 Å². The fourth-order valence-electron chi connectivity index (χ4n) is 4.55. The van der Waals surface area contributed by atoms with E-state index < -0.39 is 0 Å². The van der Waals surface area contributed by atoms with E-state index in [9.17, 15) is 5.26 Å². The second kappa shape index (κ2) is 6.80. The van der Waals surface area contributed by atoms with Gasteiger partial charge in [-0.05, 0) is 42.2 Å². The zero-order valence-electron chi connectivity index (χ0n) is 15.7. The van der Waals surface area contributed by atoms with Gasteiger partial charge in [-0.1, -0.05) is 23.7 Å². The van der Waals surface area contributed by atoms with E-state index in [-0.39, 0.29) is 0 Å². The maximum atomic E-state index is 9.23. The molecule has 1 aliphatic heterocycles. The topological polar surface area (TPSA) is 54.1 Å². The first-order chi connectivity index (χ1) is 13.6. The van der Waals surface area contributed by atoms with Crippen molar-refractivity contribution < 1.29 is 4.74 Å². The number of halogens is 1. The van der Waals surface area contributed by atoms with Crippen LogP contribution in [0.2, 0.25) is 5.02 Å². The molecule has 0 bridgehead atoms. The van der Waals surface area contributed by atoms with Crippen LogP contribution in [0.5, 0.6) is 5.75 Å². The molecule has 1 aliphatic carbocycles. The van der Waals surface area contributed by atoms with E-state index in [1.54, 1.807) is 18.2 Å². The summed E-state index contributed by atoms with van der Waals surface area (Å²) in [6.07, 6.45) is 0. The summed E-state index contributed by atoms with van der Waals surface area (Å²) < 4.78 is 8.14. The lowest BCUT2D eigenvalue weighted by Crippen LogP contribution is -2.26. The highest BCUT2D eigenvalue weighted by atomic mass is 35.5. The van der Waals surface area contributed by atoms with Gasteiger partial charge in [-0.3, -0.25) is 4.90 Å². The molecule has 6 heteroatoms. The molecular formula is C22H21ClN4O. The van der Waals surface area contributed by atoms with Crippen molar-refractivity contribution in [1.82, 2.24) is 14.5 Å². The number of benzene rings is 2. The van der Waals surface area contributed by atoms with E-state index in [2.05, 4.69) is 40.8 Å². The number of hydrogen-bond acceptors (Lipinski definition) is 4. The maximum absolute atomic E-state index is 9.23. The van der Waals surface area contributed by atoms with Crippen LogP contribution in [0, 0.1) is 29.1 Å². The van der Waals surface area contributed by atoms with Crippen LogP contribution in [-0.2, 0) is 13.6 Å². The summed E-state index contributed by atoms with van der Waals surface area (Å²) in [6, 6.07) is 15.6. The van der Waals surface area contributed by atoms with Crippen LogP contribution in [0.3, 0.4) is 0 Å². The first-order valence-corrected chi connectivity index (χ1v) is 9.97. The lowest BCUT2D eigenvalue weighted by atomic mass is 10.2. The van der Waals surface area contributed by atoms with E-state index in [0.717, 1.165) is 31.0 Å². The highest BCUT2D eigenvalue weighted by molar-refractivity contribution is 6.30. The lowest BCUT2D eigenvalue weighted by molar-refractivity contribution is 0.226. The molecule has 0 spiro atoms. The van der Waals surface area contributed by atoms with Gasteiger partial charge in [0.2, 0.25) is 0 Å². The van der Waals surface area contributed by atoms with Crippen LogP contribution in [0.1, 0.15) is 11.4 Å². The largest absolute Gasteiger partial charge is 0.492 e. The van der Waals surface area contributed by atoms with Crippen LogP contribution >= 0.6 is 11.6 Å². The summed E-state index contributed by atoms with van der Waals surface area (Å²) in [5.41, 5.74) is 2.75. The monoisotopic (exact) mass is 392 g/mol. The molecule has 5 nitrogen and oxygen atoms in total. The number of piperidine rings is 1. The molecule has 3 aromatic rings. The van der Waals surface area contributed by atoms with Gasteiger partial charge in [-0.15, -0.1) is 0 Å². The van der Waals surface area contributed by atoms with Gasteiger partial charge < -0.3 is 9.30 Å². The van der Waals surface area contributed by atoms with Crippen LogP contribution in [0.4, 0.5) is 0 Å². The Hall–Kier alpha value is -2.55. The maximum Gasteiger partial charge on any atom is 0.137 e. The minimum Gasteiger partial charge on any atom is -0.492 e. The molecule has 2 atom stereocenters. The number of imidazole rings is 1. The molecule has 28 heavy (non-hydrogen) atoms. The van der Waals surface area contributed by atoms with Crippen molar-refractivity contribution in [3.8, 4) is 11.8 Å². The van der Waals surface area contributed by atoms with E-state index in [0.29, 0.717) is 40.7 Å². The minimum absolute atomic E-state index is 0.502. The van der Waals surface area contributed by atoms with Crippen molar-refractivity contribution >= 4 is 22.6 Å². The summed E-state index contributed by atoms with van der Waals surface area (Å²) in [5, 5.41) is 9.79. The SMILES string of the molecule is Cn1c(CN2CC3C(COc4ccc(Cl)cc4C#N)C3C2)nc2ccccc21. The number of hydrogen-bond donors (Lipinski definition) is 0. The number of likely N-dealkylation sites (tertiary alicyclic amines) is 1. The average Bonchev–Trinajstić information content (AvgIpc) is 3.01. The van der Waals surface area contributed by atoms with E-state index in [4.69, 9.17) is 21.3 Å². The van der Waals surface area contributed by atoms with Gasteiger partial charge in [-0.2, -0.15) is 5.26 Å². The Bertz CT molecular complexity index is 1070. The van der Waals surface area contributed by atoms with Crippen LogP contribution < -0.4 is 4.74 Å². The number of rotatable bonds is 5. The molecule has 2 fully saturated rings. The summed E-state index contributed by atoms with van der Waals surface area (Å²) in [7, 11) is 2.09. The summed E-state index contributed by atoms with van der Waals surface area (Å²) in [5.74, 6) is 3.71. The van der Waals surface area contributed by atoms with Gasteiger partial charge >= 0.3 is 0 Å². The van der Waals surface area contributed by atoms with Crippen molar-refractivity contribution in [2.75, 3.05) is 19.7 Å². The number of nitrogens with zero attached hydrogens (tertiary/aromatic N) is 4. The van der Waals surface area contributed by atoms with E-state index in [1.807, 2.05) is 6.07 Å². The number of fused-ring (bicyclic) bond motifs is 2. The van der Waals surface area contributed by atoms with Crippen LogP contribution in [-0.4, -0.2) is 34.1 Å². The Morgan fingerprint density at radius 2 is 2.00 bits per heavy atom. The quantitative estimate of drug-likeness (QED) is 0.661. The van der Waals surface area contributed by atoms with Gasteiger partial charge in [-0.25, -0.2) is 4.98 Å². The molecule has 1 aromatic heterocycles. The fraction of sp³-hybridized carbons (Fsp3) is 0.364. The van der Waals surface area contributed by atoms with E-state index in [1.165, 1.54) is 5.52 Å². The highest BCUT2D eigenvalue weighted by Gasteiger charge is 2.55. The Kier molecular flexibility index (Phi) is 4.26. The summed E-state index contributed by atoms with van der Waals surface area (Å²) in [6.45, 7) is 3.74. The number of aromatic nitrogens is 2. The third-order valence-corrected chi connectivity index (χ3v) is 6.42. The molecule has 2 aliphatic rings. The molecule has 0 N–H and O–H groups in total. The van der Waals surface area contributed by atoms with Crippen molar-refractivity contribution in [3.63, 3.8) is 0 Å². The smallest absolute Gasteiger partial charge is 0.137 e. The van der Waals surface area contributed by atoms with Gasteiger partial charge in [0, 0.05) is 31.1 Å². The second-order valence-corrected chi connectivity index (χ2v) is 8.26. The van der Waals surface area contributed by atoms with Crippen molar-refractivity contribution in [1.29, 1.82) is 5.26 Å². The van der Waals surface area contributed by atoms with Crippen LogP contribution in [0.25, 0.3) is 11.0 Å². The van der Waals surface area contributed by atoms with Gasteiger partial charge in [0.05, 0.1) is 29.7 Å². The third kappa shape index (κ3) is 3.03. The first kappa shape index (κ1) is 17.5. The zero-order chi connectivity index (χ0) is 19.3. The number of nitriles is 1. The fourth-order valence-corrected chi connectivity index (χ4v) is 4.72. The van der Waals surface area contributed by atoms with Crippen molar-refractivity contribution in [3.05, 3.63) is 58.9 Å². The molecule has 0 radical (unpaired) electrons. The predicted molar refractivity (Wildman–Crippen MR) is 108 cm³/mol. The lowest BCUT2D eigenvalue weighted by Gasteiger charge is -2.19. The number of para-hydroxylation sites is 2. The molecule has 2 unspecified atom stereocenters. The minimum atomic E-state index is 0.502. The molecule has 2 aromatic carbocycles. The molecule has 142 valence electrons. The normalized spacial score (nSPS) is 23.5. The molecule has 0 amide bonds. The Morgan fingerprint density at radius 3 is 2.75 bits per heavy atom. The molecule has 1 saturated carbocycles. The highest BCUT2D eigenvalue weighted by Crippen LogP contribution is 2.52. The molecule has 1 saturated heterocycles. The van der Waals surface area contributed by atoms with Gasteiger partial charge in [0.1, 0.15) is 17.6 Å². The Labute approximate surface area is 169 Å². The second-order valence-electron chi connectivity index (χ2n) is 7.82. The number of ether oxygens (including phenoxy) is 1. The standard InChI is InChI=1S/C22H21ClN4O/c1-26-20-5-3-2-4-19(20)25-22(26)12-27-10-16-17(11-27)18(16)13-28-21-7-6-15(23)8-14(21)9-24/h2-8,16-18H,10-13H2,1H3. The average molecular weight is 393 g/mol. The molecule has 5 rings (SSSR count). The molecule has 2 heterocycles. The first-order valence-electron chi connectivity index (χ1n) is 9.59. The Balaban J connectivity index is 1.17. The molecular weight excluding hydrogens is 372 g/mol. The van der Waals surface area contributed by atoms with Crippen molar-refractivity contribution in [2.45, 2.75) is 6.54 Å². The van der Waals surface area contributed by atoms with Gasteiger partial charge in [0.15, 0.2) is 0 Å². The van der Waals surface area contributed by atoms with E-state index >= 15 is 0 Å². The third-order valence-electron chi connectivity index (χ3n) is 6.19. The van der Waals surface area contributed by atoms with Crippen LogP contribution in [0.15, 0.2) is 42.5 Å². The Morgan fingerprint density at radius 1 is 1.21 bits per heavy atom. The predicted octanol–water partition coefficient (Wildman–Crippen LogP) is 3.86. The van der Waals surface area contributed by atoms with Gasteiger partial charge in [0.25, 0.3) is 0 Å². The summed E-state index contributed by atoms with van der Waals surface area (Å²) >= 11 is 5.95. The number of aryl methyl sites for hydroxylation is 1.